The number of aromatic nitrogens is 1. The van der Waals surface area contributed by atoms with Gasteiger partial charge in [-0.3, -0.25) is 0 Å². The van der Waals surface area contributed by atoms with Crippen LogP contribution in [0.15, 0.2) is 27.6 Å². The molecule has 90 valence electrons. The van der Waals surface area contributed by atoms with Crippen molar-refractivity contribution in [3.63, 3.8) is 0 Å². The van der Waals surface area contributed by atoms with Crippen LogP contribution in [-0.2, 0) is 5.75 Å². The van der Waals surface area contributed by atoms with Gasteiger partial charge in [0.25, 0.3) is 0 Å². The minimum absolute atomic E-state index is 0.316. The van der Waals surface area contributed by atoms with Crippen LogP contribution in [0.2, 0.25) is 0 Å². The van der Waals surface area contributed by atoms with E-state index in [1.54, 1.807) is 17.8 Å². The van der Waals surface area contributed by atoms with Crippen LogP contribution in [0, 0.1) is 19.7 Å². The van der Waals surface area contributed by atoms with Crippen molar-refractivity contribution in [2.75, 3.05) is 5.73 Å². The summed E-state index contributed by atoms with van der Waals surface area (Å²) in [6, 6.07) is 4.43. The van der Waals surface area contributed by atoms with Crippen molar-refractivity contribution in [1.82, 2.24) is 5.16 Å². The molecule has 2 N–H and O–H groups in total. The molecule has 0 aliphatic heterocycles. The molecule has 0 saturated heterocycles. The van der Waals surface area contributed by atoms with Gasteiger partial charge in [0.2, 0.25) is 0 Å². The summed E-state index contributed by atoms with van der Waals surface area (Å²) in [5, 5.41) is 3.89. The molecule has 0 amide bonds. The molecule has 1 aromatic carbocycles. The molecule has 0 atom stereocenters. The predicted molar refractivity (Wildman–Crippen MR) is 66.4 cm³/mol. The van der Waals surface area contributed by atoms with Gasteiger partial charge in [-0.1, -0.05) is 5.16 Å². The lowest BCUT2D eigenvalue weighted by Crippen LogP contribution is -1.91. The predicted octanol–water partition coefficient (Wildman–Crippen LogP) is 3.31. The molecule has 1 aromatic heterocycles. The number of benzene rings is 1. The number of thioether (sulfide) groups is 1. The summed E-state index contributed by atoms with van der Waals surface area (Å²) < 4.78 is 18.0. The Morgan fingerprint density at radius 2 is 2.18 bits per heavy atom. The molecule has 0 aliphatic rings. The van der Waals surface area contributed by atoms with Crippen LogP contribution in [0.4, 0.5) is 10.1 Å². The average molecular weight is 252 g/mol. The molecule has 0 saturated carbocycles. The third kappa shape index (κ3) is 2.61. The summed E-state index contributed by atoms with van der Waals surface area (Å²) in [5.74, 6) is 1.22. The first kappa shape index (κ1) is 12.0. The minimum atomic E-state index is -0.316. The van der Waals surface area contributed by atoms with Gasteiger partial charge in [0.15, 0.2) is 0 Å². The Morgan fingerprint density at radius 3 is 2.76 bits per heavy atom. The summed E-state index contributed by atoms with van der Waals surface area (Å²) in [6.07, 6.45) is 0. The van der Waals surface area contributed by atoms with Crippen molar-refractivity contribution in [2.45, 2.75) is 24.5 Å². The van der Waals surface area contributed by atoms with Crippen LogP contribution in [0.25, 0.3) is 0 Å². The second-order valence-electron chi connectivity index (χ2n) is 3.77. The highest BCUT2D eigenvalue weighted by atomic mass is 32.2. The van der Waals surface area contributed by atoms with E-state index < -0.39 is 0 Å². The Labute approximate surface area is 103 Å². The lowest BCUT2D eigenvalue weighted by atomic mass is 10.2. The first-order valence-electron chi connectivity index (χ1n) is 5.17. The number of rotatable bonds is 3. The standard InChI is InChI=1S/C12H13FN2OS/c1-7-10(8(2)16-15-7)6-17-12-4-3-9(13)5-11(12)14/h3-5H,6,14H2,1-2H3. The topological polar surface area (TPSA) is 52.0 Å². The lowest BCUT2D eigenvalue weighted by Gasteiger charge is -2.05. The van der Waals surface area contributed by atoms with E-state index in [-0.39, 0.29) is 5.82 Å². The summed E-state index contributed by atoms with van der Waals surface area (Å²) in [7, 11) is 0. The number of hydrogen-bond donors (Lipinski definition) is 1. The summed E-state index contributed by atoms with van der Waals surface area (Å²) >= 11 is 1.55. The van der Waals surface area contributed by atoms with Crippen molar-refractivity contribution in [1.29, 1.82) is 0 Å². The molecule has 0 bridgehead atoms. The molecule has 0 spiro atoms. The Balaban J connectivity index is 2.13. The molecule has 0 radical (unpaired) electrons. The molecule has 3 nitrogen and oxygen atoms in total. The van der Waals surface area contributed by atoms with E-state index in [1.807, 2.05) is 13.8 Å². The second kappa shape index (κ2) is 4.79. The zero-order valence-corrected chi connectivity index (χ0v) is 10.5. The van der Waals surface area contributed by atoms with Gasteiger partial charge in [-0.05, 0) is 32.0 Å². The van der Waals surface area contributed by atoms with Crippen molar-refractivity contribution in [3.05, 3.63) is 41.0 Å². The Kier molecular flexibility index (Phi) is 3.38. The maximum Gasteiger partial charge on any atom is 0.137 e. The van der Waals surface area contributed by atoms with Gasteiger partial charge in [0.1, 0.15) is 11.6 Å². The fourth-order valence-corrected chi connectivity index (χ4v) is 2.61. The van der Waals surface area contributed by atoms with Gasteiger partial charge in [-0.2, -0.15) is 0 Å². The number of aryl methyl sites for hydroxylation is 2. The molecular formula is C12H13FN2OS. The number of hydrogen-bond acceptors (Lipinski definition) is 4. The minimum Gasteiger partial charge on any atom is -0.398 e. The highest BCUT2D eigenvalue weighted by Crippen LogP contribution is 2.30. The SMILES string of the molecule is Cc1noc(C)c1CSc1ccc(F)cc1N. The van der Waals surface area contributed by atoms with Gasteiger partial charge in [0, 0.05) is 21.9 Å². The van der Waals surface area contributed by atoms with Crippen molar-refractivity contribution in [3.8, 4) is 0 Å². The molecule has 17 heavy (non-hydrogen) atoms. The fraction of sp³-hybridized carbons (Fsp3) is 0.250. The number of nitrogens with two attached hydrogens (primary N) is 1. The van der Waals surface area contributed by atoms with E-state index >= 15 is 0 Å². The smallest absolute Gasteiger partial charge is 0.137 e. The quantitative estimate of drug-likeness (QED) is 0.672. The van der Waals surface area contributed by atoms with Crippen LogP contribution in [0.1, 0.15) is 17.0 Å². The van der Waals surface area contributed by atoms with Crippen molar-refractivity contribution in [2.24, 2.45) is 0 Å². The van der Waals surface area contributed by atoms with Gasteiger partial charge >= 0.3 is 0 Å². The van der Waals surface area contributed by atoms with Gasteiger partial charge in [-0.15, -0.1) is 11.8 Å². The largest absolute Gasteiger partial charge is 0.398 e. The average Bonchev–Trinajstić information content (AvgIpc) is 2.58. The third-order valence-electron chi connectivity index (χ3n) is 2.53. The van der Waals surface area contributed by atoms with E-state index in [1.165, 1.54) is 12.1 Å². The lowest BCUT2D eigenvalue weighted by molar-refractivity contribution is 0.392. The molecule has 1 heterocycles. The van der Waals surface area contributed by atoms with Crippen LogP contribution < -0.4 is 5.73 Å². The molecule has 5 heteroatoms. The zero-order valence-electron chi connectivity index (χ0n) is 9.66. The van der Waals surface area contributed by atoms with Crippen molar-refractivity contribution >= 4 is 17.4 Å². The van der Waals surface area contributed by atoms with E-state index in [0.717, 1.165) is 27.7 Å². The van der Waals surface area contributed by atoms with Crippen molar-refractivity contribution < 1.29 is 8.91 Å². The first-order valence-corrected chi connectivity index (χ1v) is 6.16. The normalized spacial score (nSPS) is 10.8. The van der Waals surface area contributed by atoms with Gasteiger partial charge in [0.05, 0.1) is 5.69 Å². The molecule has 2 rings (SSSR count). The number of halogens is 1. The highest BCUT2D eigenvalue weighted by Gasteiger charge is 2.10. The Morgan fingerprint density at radius 1 is 1.41 bits per heavy atom. The summed E-state index contributed by atoms with van der Waals surface area (Å²) in [4.78, 5) is 0.867. The number of anilines is 1. The van der Waals surface area contributed by atoms with Gasteiger partial charge in [-0.25, -0.2) is 4.39 Å². The Bertz CT molecular complexity index is 520. The van der Waals surface area contributed by atoms with E-state index in [0.29, 0.717) is 5.69 Å². The second-order valence-corrected chi connectivity index (χ2v) is 4.79. The fourth-order valence-electron chi connectivity index (χ4n) is 1.51. The van der Waals surface area contributed by atoms with Gasteiger partial charge < -0.3 is 10.3 Å². The summed E-state index contributed by atoms with van der Waals surface area (Å²) in [6.45, 7) is 3.78. The monoisotopic (exact) mass is 252 g/mol. The van der Waals surface area contributed by atoms with E-state index in [9.17, 15) is 4.39 Å². The van der Waals surface area contributed by atoms with Crippen LogP contribution in [-0.4, -0.2) is 5.16 Å². The van der Waals surface area contributed by atoms with Crippen LogP contribution >= 0.6 is 11.8 Å². The molecular weight excluding hydrogens is 239 g/mol. The highest BCUT2D eigenvalue weighted by molar-refractivity contribution is 7.98. The number of nitrogen functional groups attached to an aromatic ring is 1. The molecule has 2 aromatic rings. The molecule has 0 fully saturated rings. The third-order valence-corrected chi connectivity index (χ3v) is 3.64. The molecule has 0 aliphatic carbocycles. The molecule has 0 unspecified atom stereocenters. The first-order chi connectivity index (χ1) is 8.08. The maximum atomic E-state index is 12.9. The van der Waals surface area contributed by atoms with E-state index in [2.05, 4.69) is 5.16 Å². The summed E-state index contributed by atoms with van der Waals surface area (Å²) in [5.41, 5.74) is 8.15. The maximum absolute atomic E-state index is 12.9. The van der Waals surface area contributed by atoms with E-state index in [4.69, 9.17) is 10.3 Å². The Hall–Kier alpha value is -1.49. The zero-order chi connectivity index (χ0) is 12.4. The van der Waals surface area contributed by atoms with Crippen LogP contribution in [0.3, 0.4) is 0 Å². The number of nitrogens with zero attached hydrogens (tertiary/aromatic N) is 1. The van der Waals surface area contributed by atoms with Crippen LogP contribution in [0.5, 0.6) is 0 Å².